The molecule has 3 rings (SSSR count). The molecular weight excluding hydrogens is 339 g/mol. The summed E-state index contributed by atoms with van der Waals surface area (Å²) >= 11 is 0. The molecule has 0 aromatic heterocycles. The molecule has 144 valence electrons. The lowest BCUT2D eigenvalue weighted by Gasteiger charge is -2.32. The number of ketones is 1. The fourth-order valence-corrected chi connectivity index (χ4v) is 4.24. The summed E-state index contributed by atoms with van der Waals surface area (Å²) in [5.41, 5.74) is 8.76. The third kappa shape index (κ3) is 4.12. The molecule has 0 aliphatic carbocycles. The van der Waals surface area contributed by atoms with E-state index in [1.54, 1.807) is 0 Å². The van der Waals surface area contributed by atoms with Gasteiger partial charge in [-0.15, -0.1) is 0 Å². The quantitative estimate of drug-likeness (QED) is 0.795. The highest BCUT2D eigenvalue weighted by atomic mass is 19.1. The van der Waals surface area contributed by atoms with E-state index in [1.165, 1.54) is 23.3 Å². The number of benzene rings is 2. The van der Waals surface area contributed by atoms with Gasteiger partial charge in [-0.3, -0.25) is 9.69 Å². The minimum atomic E-state index is -0.317. The van der Waals surface area contributed by atoms with E-state index in [4.69, 9.17) is 5.73 Å². The Bertz CT molecular complexity index is 726. The highest BCUT2D eigenvalue weighted by Gasteiger charge is 2.44. The topological polar surface area (TPSA) is 46.3 Å². The average Bonchev–Trinajstić information content (AvgIpc) is 3.11. The number of carbonyl (C=O) groups is 1. The van der Waals surface area contributed by atoms with Gasteiger partial charge in [-0.25, -0.2) is 4.39 Å². The summed E-state index contributed by atoms with van der Waals surface area (Å²) in [5, 5.41) is 0. The van der Waals surface area contributed by atoms with Crippen molar-refractivity contribution in [3.05, 3.63) is 71.0 Å². The van der Waals surface area contributed by atoms with Crippen molar-refractivity contribution in [2.75, 3.05) is 19.6 Å². The standard InChI is InChI=1S/C23H29FN2O/c1-3-23(21(27)12-14-25)13-15-26(16-23)22(18-6-4-17(2)5-7-18)19-8-10-20(24)11-9-19/h4-11,22H,3,12-16,25H2,1-2H3/t22?,23-/m1/s1. The molecule has 2 aromatic carbocycles. The summed E-state index contributed by atoms with van der Waals surface area (Å²) < 4.78 is 13.5. The predicted molar refractivity (Wildman–Crippen MR) is 107 cm³/mol. The maximum Gasteiger partial charge on any atom is 0.141 e. The highest BCUT2D eigenvalue weighted by Crippen LogP contribution is 2.41. The molecule has 0 saturated carbocycles. The first kappa shape index (κ1) is 19.7. The smallest absolute Gasteiger partial charge is 0.141 e. The van der Waals surface area contributed by atoms with Crippen LogP contribution in [0.5, 0.6) is 0 Å². The molecule has 1 aliphatic heterocycles. The number of nitrogens with two attached hydrogens (primary N) is 1. The number of aryl methyl sites for hydroxylation is 1. The van der Waals surface area contributed by atoms with E-state index in [9.17, 15) is 9.18 Å². The van der Waals surface area contributed by atoms with E-state index in [0.29, 0.717) is 13.0 Å². The molecule has 2 atom stereocenters. The first-order chi connectivity index (χ1) is 13.0. The maximum absolute atomic E-state index is 13.5. The largest absolute Gasteiger partial charge is 0.330 e. The zero-order chi connectivity index (χ0) is 19.4. The Balaban J connectivity index is 1.95. The molecule has 4 heteroatoms. The molecule has 1 heterocycles. The van der Waals surface area contributed by atoms with Crippen LogP contribution in [0.15, 0.2) is 48.5 Å². The van der Waals surface area contributed by atoms with E-state index >= 15 is 0 Å². The van der Waals surface area contributed by atoms with Crippen molar-refractivity contribution in [2.24, 2.45) is 11.1 Å². The monoisotopic (exact) mass is 368 g/mol. The van der Waals surface area contributed by atoms with Crippen LogP contribution in [0.25, 0.3) is 0 Å². The summed E-state index contributed by atoms with van der Waals surface area (Å²) in [6, 6.07) is 15.2. The second-order valence-electron chi connectivity index (χ2n) is 7.68. The Kier molecular flexibility index (Phi) is 6.08. The van der Waals surface area contributed by atoms with Gasteiger partial charge in [0.05, 0.1) is 6.04 Å². The van der Waals surface area contributed by atoms with Gasteiger partial charge in [0, 0.05) is 24.9 Å². The zero-order valence-corrected chi connectivity index (χ0v) is 16.2. The first-order valence-corrected chi connectivity index (χ1v) is 9.78. The molecule has 0 radical (unpaired) electrons. The van der Waals surface area contributed by atoms with Gasteiger partial charge >= 0.3 is 0 Å². The highest BCUT2D eigenvalue weighted by molar-refractivity contribution is 5.85. The van der Waals surface area contributed by atoms with E-state index in [2.05, 4.69) is 43.0 Å². The Morgan fingerprint density at radius 1 is 1.15 bits per heavy atom. The second kappa shape index (κ2) is 8.32. The van der Waals surface area contributed by atoms with Gasteiger partial charge < -0.3 is 5.73 Å². The minimum absolute atomic E-state index is 0.0188. The number of Topliss-reactive ketones (excluding diaryl/α,β-unsaturated/α-hetero) is 1. The predicted octanol–water partition coefficient (Wildman–Crippen LogP) is 4.24. The van der Waals surface area contributed by atoms with Crippen molar-refractivity contribution < 1.29 is 9.18 Å². The number of hydrogen-bond acceptors (Lipinski definition) is 3. The van der Waals surface area contributed by atoms with Crippen LogP contribution < -0.4 is 5.73 Å². The molecule has 1 unspecified atom stereocenters. The van der Waals surface area contributed by atoms with Gasteiger partial charge in [-0.05, 0) is 49.6 Å². The van der Waals surface area contributed by atoms with Gasteiger partial charge in [-0.2, -0.15) is 0 Å². The van der Waals surface area contributed by atoms with Gasteiger partial charge in [0.2, 0.25) is 0 Å². The molecule has 0 spiro atoms. The van der Waals surface area contributed by atoms with E-state index in [0.717, 1.165) is 31.5 Å². The van der Waals surface area contributed by atoms with Gasteiger partial charge in [0.1, 0.15) is 11.6 Å². The third-order valence-corrected chi connectivity index (χ3v) is 5.97. The van der Waals surface area contributed by atoms with Crippen LogP contribution in [-0.4, -0.2) is 30.3 Å². The summed E-state index contributed by atoms with van der Waals surface area (Å²) in [7, 11) is 0. The van der Waals surface area contributed by atoms with Gasteiger partial charge in [0.15, 0.2) is 0 Å². The fraction of sp³-hybridized carbons (Fsp3) is 0.435. The molecule has 1 aliphatic rings. The number of carbonyl (C=O) groups excluding carboxylic acids is 1. The lowest BCUT2D eigenvalue weighted by atomic mass is 9.78. The number of hydrogen-bond donors (Lipinski definition) is 1. The number of halogens is 1. The molecule has 2 N–H and O–H groups in total. The Hall–Kier alpha value is -2.04. The van der Waals surface area contributed by atoms with Crippen molar-refractivity contribution in [3.8, 4) is 0 Å². The molecule has 0 amide bonds. The van der Waals surface area contributed by atoms with Crippen LogP contribution in [0.2, 0.25) is 0 Å². The fourth-order valence-electron chi connectivity index (χ4n) is 4.24. The summed E-state index contributed by atoms with van der Waals surface area (Å²) in [4.78, 5) is 15.1. The van der Waals surface area contributed by atoms with E-state index in [-0.39, 0.29) is 23.1 Å². The van der Waals surface area contributed by atoms with Crippen LogP contribution in [-0.2, 0) is 4.79 Å². The molecule has 3 nitrogen and oxygen atoms in total. The van der Waals surface area contributed by atoms with Gasteiger partial charge in [0.25, 0.3) is 0 Å². The Labute approximate surface area is 161 Å². The van der Waals surface area contributed by atoms with Crippen LogP contribution in [0.3, 0.4) is 0 Å². The minimum Gasteiger partial charge on any atom is -0.330 e. The molecule has 27 heavy (non-hydrogen) atoms. The van der Waals surface area contributed by atoms with Crippen LogP contribution in [0.4, 0.5) is 4.39 Å². The number of likely N-dealkylation sites (tertiary alicyclic amines) is 1. The number of nitrogens with zero attached hydrogens (tertiary/aromatic N) is 1. The van der Waals surface area contributed by atoms with Crippen LogP contribution in [0.1, 0.15) is 48.9 Å². The zero-order valence-electron chi connectivity index (χ0n) is 16.2. The van der Waals surface area contributed by atoms with E-state index < -0.39 is 0 Å². The second-order valence-corrected chi connectivity index (χ2v) is 7.68. The summed E-state index contributed by atoms with van der Waals surface area (Å²) in [5.74, 6) is 0.0422. The molecule has 1 fully saturated rings. The number of rotatable bonds is 7. The van der Waals surface area contributed by atoms with Crippen LogP contribution in [0, 0.1) is 18.2 Å². The normalized spacial score (nSPS) is 21.3. The van der Waals surface area contributed by atoms with Crippen LogP contribution >= 0.6 is 0 Å². The summed E-state index contributed by atoms with van der Waals surface area (Å²) in [6.07, 6.45) is 2.12. The van der Waals surface area contributed by atoms with Crippen molar-refractivity contribution in [1.29, 1.82) is 0 Å². The Morgan fingerprint density at radius 3 is 2.30 bits per heavy atom. The average molecular weight is 368 g/mol. The lowest BCUT2D eigenvalue weighted by Crippen LogP contribution is -2.36. The lowest BCUT2D eigenvalue weighted by molar-refractivity contribution is -0.128. The third-order valence-electron chi connectivity index (χ3n) is 5.97. The van der Waals surface area contributed by atoms with Crippen molar-refractivity contribution in [2.45, 2.75) is 39.2 Å². The van der Waals surface area contributed by atoms with Crippen molar-refractivity contribution in [3.63, 3.8) is 0 Å². The van der Waals surface area contributed by atoms with Gasteiger partial charge in [-0.1, -0.05) is 48.9 Å². The first-order valence-electron chi connectivity index (χ1n) is 9.78. The van der Waals surface area contributed by atoms with Crippen molar-refractivity contribution >= 4 is 5.78 Å². The maximum atomic E-state index is 13.5. The molecule has 1 saturated heterocycles. The van der Waals surface area contributed by atoms with E-state index in [1.807, 2.05) is 12.1 Å². The Morgan fingerprint density at radius 2 is 1.74 bits per heavy atom. The van der Waals surface area contributed by atoms with Crippen molar-refractivity contribution in [1.82, 2.24) is 4.90 Å². The summed E-state index contributed by atoms with van der Waals surface area (Å²) in [6.45, 7) is 6.13. The SMILES string of the molecule is CC[C@@]1(C(=O)CCN)CCN(C(c2ccc(C)cc2)c2ccc(F)cc2)C1. The molecule has 0 bridgehead atoms. The molecule has 2 aromatic rings. The molecular formula is C23H29FN2O.